The van der Waals surface area contributed by atoms with Crippen LogP contribution in [0.15, 0.2) is 42.5 Å². The lowest BCUT2D eigenvalue weighted by Crippen LogP contribution is -2.27. The van der Waals surface area contributed by atoms with E-state index < -0.39 is 35.0 Å². The van der Waals surface area contributed by atoms with Crippen molar-refractivity contribution < 1.29 is 33.2 Å². The van der Waals surface area contributed by atoms with E-state index in [2.05, 4.69) is 5.32 Å². The number of Topliss-reactive ketones (excluding diaryl/α,β-unsaturated/α-hetero) is 1. The van der Waals surface area contributed by atoms with E-state index >= 15 is 0 Å². The summed E-state index contributed by atoms with van der Waals surface area (Å²) < 4.78 is 23.1. The van der Waals surface area contributed by atoms with Crippen molar-refractivity contribution in [3.8, 4) is 5.75 Å². The lowest BCUT2D eigenvalue weighted by atomic mass is 10.1. The molecule has 1 amide bonds. The summed E-state index contributed by atoms with van der Waals surface area (Å²) in [6.07, 6.45) is -0.202. The first kappa shape index (κ1) is 21.5. The topological polar surface area (TPSA) is 125 Å². The molecular weight excluding hydrogens is 387 g/mol. The van der Waals surface area contributed by atoms with Crippen molar-refractivity contribution in [3.05, 3.63) is 69.5 Å². The summed E-state index contributed by atoms with van der Waals surface area (Å²) in [4.78, 5) is 45.7. The minimum Gasteiger partial charge on any atom is -0.496 e. The molecule has 152 valence electrons. The Morgan fingerprint density at radius 3 is 2.45 bits per heavy atom. The number of non-ortho nitro benzene ring substituents is 1. The summed E-state index contributed by atoms with van der Waals surface area (Å²) in [5.41, 5.74) is -0.00570. The van der Waals surface area contributed by atoms with Crippen LogP contribution in [0.1, 0.15) is 27.1 Å². The van der Waals surface area contributed by atoms with Gasteiger partial charge in [-0.1, -0.05) is 0 Å². The number of halogens is 1. The highest BCUT2D eigenvalue weighted by atomic mass is 19.1. The van der Waals surface area contributed by atoms with Gasteiger partial charge in [0, 0.05) is 24.2 Å². The average molecular weight is 404 g/mol. The molecule has 10 heteroatoms. The van der Waals surface area contributed by atoms with Gasteiger partial charge in [-0.15, -0.1) is 0 Å². The molecule has 0 aromatic heterocycles. The van der Waals surface area contributed by atoms with Crippen LogP contribution in [0.3, 0.4) is 0 Å². The van der Waals surface area contributed by atoms with Gasteiger partial charge in [-0.25, -0.2) is 4.39 Å². The van der Waals surface area contributed by atoms with E-state index in [9.17, 15) is 28.9 Å². The Hall–Kier alpha value is -3.82. The number of hydrogen-bond acceptors (Lipinski definition) is 7. The van der Waals surface area contributed by atoms with Crippen LogP contribution >= 0.6 is 0 Å². The van der Waals surface area contributed by atoms with Crippen LogP contribution in [0, 0.1) is 15.9 Å². The molecule has 0 saturated heterocycles. The number of ketones is 1. The molecule has 0 heterocycles. The molecular formula is C19H17FN2O7. The molecule has 0 radical (unpaired) electrons. The highest BCUT2D eigenvalue weighted by Crippen LogP contribution is 2.20. The van der Waals surface area contributed by atoms with E-state index in [1.807, 2.05) is 0 Å². The molecule has 29 heavy (non-hydrogen) atoms. The SMILES string of the molecule is COc1ccc(F)cc1C(=O)COC(=O)CCNC(=O)c1ccc([N+](=O)[O-])cc1. The normalized spacial score (nSPS) is 10.1. The molecule has 0 atom stereocenters. The predicted octanol–water partition coefficient (Wildman–Crippen LogP) is 2.29. The van der Waals surface area contributed by atoms with Crippen molar-refractivity contribution in [2.75, 3.05) is 20.3 Å². The molecule has 0 aliphatic rings. The second kappa shape index (κ2) is 9.93. The standard InChI is InChI=1S/C19H17FN2O7/c1-28-17-7-4-13(20)10-15(17)16(23)11-29-18(24)8-9-21-19(25)12-2-5-14(6-3-12)22(26)27/h2-7,10H,8-9,11H2,1H3,(H,21,25). The van der Waals surface area contributed by atoms with Crippen LogP contribution in [-0.4, -0.2) is 42.8 Å². The van der Waals surface area contributed by atoms with Gasteiger partial charge < -0.3 is 14.8 Å². The van der Waals surface area contributed by atoms with Crippen LogP contribution in [0.5, 0.6) is 5.75 Å². The van der Waals surface area contributed by atoms with E-state index in [1.54, 1.807) is 0 Å². The highest BCUT2D eigenvalue weighted by Gasteiger charge is 2.16. The third-order valence-corrected chi connectivity index (χ3v) is 3.78. The predicted molar refractivity (Wildman–Crippen MR) is 98.3 cm³/mol. The minimum atomic E-state index is -0.738. The number of nitrogens with zero attached hydrogens (tertiary/aromatic N) is 1. The number of esters is 1. The second-order valence-electron chi connectivity index (χ2n) is 5.74. The van der Waals surface area contributed by atoms with E-state index in [4.69, 9.17) is 9.47 Å². The van der Waals surface area contributed by atoms with Crippen LogP contribution in [-0.2, 0) is 9.53 Å². The summed E-state index contributed by atoms with van der Waals surface area (Å²) in [6, 6.07) is 8.37. The number of hydrogen-bond donors (Lipinski definition) is 1. The first-order chi connectivity index (χ1) is 13.8. The lowest BCUT2D eigenvalue weighted by Gasteiger charge is -2.09. The summed E-state index contributed by atoms with van der Waals surface area (Å²) in [5, 5.41) is 13.0. The van der Waals surface area contributed by atoms with Gasteiger partial charge in [-0.05, 0) is 30.3 Å². The lowest BCUT2D eigenvalue weighted by molar-refractivity contribution is -0.384. The number of nitrogens with one attached hydrogen (secondary N) is 1. The largest absolute Gasteiger partial charge is 0.496 e. The molecule has 2 rings (SSSR count). The van der Waals surface area contributed by atoms with Gasteiger partial charge in [0.15, 0.2) is 6.61 Å². The summed E-state index contributed by atoms with van der Waals surface area (Å²) >= 11 is 0. The Kier molecular flexibility index (Phi) is 7.35. The van der Waals surface area contributed by atoms with Crippen LogP contribution in [0.25, 0.3) is 0 Å². The third kappa shape index (κ3) is 6.09. The van der Waals surface area contributed by atoms with Crippen molar-refractivity contribution in [3.63, 3.8) is 0 Å². The zero-order valence-corrected chi connectivity index (χ0v) is 15.3. The van der Waals surface area contributed by atoms with Crippen molar-refractivity contribution in [1.82, 2.24) is 5.32 Å². The van der Waals surface area contributed by atoms with Crippen molar-refractivity contribution in [2.45, 2.75) is 6.42 Å². The number of benzene rings is 2. The van der Waals surface area contributed by atoms with Gasteiger partial charge in [0.05, 0.1) is 24.0 Å². The molecule has 2 aromatic carbocycles. The molecule has 2 aromatic rings. The number of methoxy groups -OCH3 is 1. The Morgan fingerprint density at radius 1 is 1.14 bits per heavy atom. The van der Waals surface area contributed by atoms with Crippen LogP contribution < -0.4 is 10.1 Å². The number of nitro groups is 1. The van der Waals surface area contributed by atoms with Crippen LogP contribution in [0.4, 0.5) is 10.1 Å². The van der Waals surface area contributed by atoms with E-state index in [1.165, 1.54) is 37.4 Å². The Labute approximate surface area is 164 Å². The monoisotopic (exact) mass is 404 g/mol. The molecule has 0 bridgehead atoms. The molecule has 1 N–H and O–H groups in total. The fraction of sp³-hybridized carbons (Fsp3) is 0.211. The molecule has 9 nitrogen and oxygen atoms in total. The maximum Gasteiger partial charge on any atom is 0.308 e. The zero-order chi connectivity index (χ0) is 21.4. The fourth-order valence-corrected chi connectivity index (χ4v) is 2.31. The number of amides is 1. The van der Waals surface area contributed by atoms with E-state index in [0.29, 0.717) is 0 Å². The van der Waals surface area contributed by atoms with Crippen LogP contribution in [0.2, 0.25) is 0 Å². The van der Waals surface area contributed by atoms with Gasteiger partial charge >= 0.3 is 5.97 Å². The fourth-order valence-electron chi connectivity index (χ4n) is 2.31. The van der Waals surface area contributed by atoms with Crippen molar-refractivity contribution in [1.29, 1.82) is 0 Å². The molecule has 0 aliphatic carbocycles. The molecule has 0 unspecified atom stereocenters. The number of nitro benzene ring substituents is 1. The first-order valence-electron chi connectivity index (χ1n) is 8.37. The Balaban J connectivity index is 1.78. The number of ether oxygens (including phenoxy) is 2. The summed E-state index contributed by atoms with van der Waals surface area (Å²) in [7, 11) is 1.32. The average Bonchev–Trinajstić information content (AvgIpc) is 2.71. The number of rotatable bonds is 9. The third-order valence-electron chi connectivity index (χ3n) is 3.78. The highest BCUT2D eigenvalue weighted by molar-refractivity contribution is 6.00. The maximum absolute atomic E-state index is 13.3. The first-order valence-corrected chi connectivity index (χ1v) is 8.37. The molecule has 0 saturated carbocycles. The van der Waals surface area contributed by atoms with Crippen molar-refractivity contribution in [2.24, 2.45) is 0 Å². The Bertz CT molecular complexity index is 929. The van der Waals surface area contributed by atoms with Gasteiger partial charge in [-0.3, -0.25) is 24.5 Å². The van der Waals surface area contributed by atoms with Gasteiger partial charge in [-0.2, -0.15) is 0 Å². The number of carbonyl (C=O) groups is 3. The molecule has 0 aliphatic heterocycles. The molecule has 0 spiro atoms. The summed E-state index contributed by atoms with van der Waals surface area (Å²) in [5.74, 6) is -2.37. The molecule has 0 fully saturated rings. The van der Waals surface area contributed by atoms with Gasteiger partial charge in [0.25, 0.3) is 11.6 Å². The minimum absolute atomic E-state index is 0.0493. The van der Waals surface area contributed by atoms with Gasteiger partial charge in [0.1, 0.15) is 11.6 Å². The quantitative estimate of drug-likeness (QED) is 0.294. The smallest absolute Gasteiger partial charge is 0.308 e. The number of carbonyl (C=O) groups excluding carboxylic acids is 3. The maximum atomic E-state index is 13.3. The Morgan fingerprint density at radius 2 is 1.83 bits per heavy atom. The van der Waals surface area contributed by atoms with Gasteiger partial charge in [0.2, 0.25) is 5.78 Å². The summed E-state index contributed by atoms with van der Waals surface area (Å²) in [6.45, 7) is -0.666. The zero-order valence-electron chi connectivity index (χ0n) is 15.3. The van der Waals surface area contributed by atoms with E-state index in [0.717, 1.165) is 12.1 Å². The second-order valence-corrected chi connectivity index (χ2v) is 5.74. The van der Waals surface area contributed by atoms with Crippen molar-refractivity contribution >= 4 is 23.3 Å². The van der Waals surface area contributed by atoms with E-state index in [-0.39, 0.29) is 35.5 Å².